The van der Waals surface area contributed by atoms with Gasteiger partial charge in [-0.25, -0.2) is 4.98 Å². The number of piperidine rings is 1. The highest BCUT2D eigenvalue weighted by Crippen LogP contribution is 2.21. The van der Waals surface area contributed by atoms with Crippen molar-refractivity contribution in [2.75, 3.05) is 18.4 Å². The molecule has 1 aromatic rings. The lowest BCUT2D eigenvalue weighted by Crippen LogP contribution is -2.38. The molecule has 0 radical (unpaired) electrons. The average molecular weight is 292 g/mol. The Balaban J connectivity index is 2.05. The summed E-state index contributed by atoms with van der Waals surface area (Å²) in [5, 5.41) is 6.95. The van der Waals surface area contributed by atoms with Crippen molar-refractivity contribution in [3.05, 3.63) is 16.0 Å². The molecule has 82 valence electrons. The second-order valence-electron chi connectivity index (χ2n) is 3.52. The molecule has 1 aliphatic heterocycles. The van der Waals surface area contributed by atoms with Gasteiger partial charge < -0.3 is 10.6 Å². The lowest BCUT2D eigenvalue weighted by molar-refractivity contribution is 0.479. The number of rotatable bonds is 2. The highest BCUT2D eigenvalue weighted by molar-refractivity contribution is 9.10. The molecule has 0 bridgehead atoms. The molecule has 0 spiro atoms. The van der Waals surface area contributed by atoms with Gasteiger partial charge in [0.2, 0.25) is 5.28 Å². The molecule has 0 amide bonds. The van der Waals surface area contributed by atoms with E-state index in [-0.39, 0.29) is 5.28 Å². The molecule has 6 heteroatoms. The second kappa shape index (κ2) is 5.09. The molecule has 2 rings (SSSR count). The first-order valence-electron chi connectivity index (χ1n) is 4.91. The number of nitrogens with zero attached hydrogens (tertiary/aromatic N) is 2. The number of halogens is 2. The maximum absolute atomic E-state index is 5.74. The van der Waals surface area contributed by atoms with Crippen LogP contribution in [0.25, 0.3) is 0 Å². The molecule has 15 heavy (non-hydrogen) atoms. The summed E-state index contributed by atoms with van der Waals surface area (Å²) in [6.45, 7) is 2.07. The molecule has 0 aliphatic carbocycles. The van der Waals surface area contributed by atoms with Crippen LogP contribution in [0, 0.1) is 0 Å². The van der Waals surface area contributed by atoms with Gasteiger partial charge in [-0.2, -0.15) is 4.98 Å². The number of nitrogens with one attached hydrogen (secondary N) is 2. The predicted molar refractivity (Wildman–Crippen MR) is 64.3 cm³/mol. The van der Waals surface area contributed by atoms with Crippen molar-refractivity contribution in [1.29, 1.82) is 0 Å². The summed E-state index contributed by atoms with van der Waals surface area (Å²) in [6.07, 6.45) is 4.00. The summed E-state index contributed by atoms with van der Waals surface area (Å²) in [6, 6.07) is 0.418. The van der Waals surface area contributed by atoms with Crippen LogP contribution in [0.3, 0.4) is 0 Å². The van der Waals surface area contributed by atoms with Gasteiger partial charge in [0, 0.05) is 18.8 Å². The topological polar surface area (TPSA) is 49.8 Å². The van der Waals surface area contributed by atoms with Crippen molar-refractivity contribution in [3.8, 4) is 0 Å². The van der Waals surface area contributed by atoms with E-state index in [4.69, 9.17) is 11.6 Å². The third kappa shape index (κ3) is 3.03. The predicted octanol–water partition coefficient (Wildman–Crippen LogP) is 2.06. The number of hydrogen-bond donors (Lipinski definition) is 2. The van der Waals surface area contributed by atoms with Crippen LogP contribution in [-0.2, 0) is 0 Å². The smallest absolute Gasteiger partial charge is 0.224 e. The Morgan fingerprint density at radius 3 is 3.20 bits per heavy atom. The molecule has 0 aromatic carbocycles. The van der Waals surface area contributed by atoms with E-state index in [2.05, 4.69) is 36.5 Å². The second-order valence-corrected chi connectivity index (χ2v) is 4.72. The van der Waals surface area contributed by atoms with Gasteiger partial charge in [-0.15, -0.1) is 0 Å². The van der Waals surface area contributed by atoms with Crippen LogP contribution >= 0.6 is 27.5 Å². The fourth-order valence-corrected chi connectivity index (χ4v) is 2.05. The lowest BCUT2D eigenvalue weighted by atomic mass is 10.1. The van der Waals surface area contributed by atoms with Crippen LogP contribution in [0.4, 0.5) is 5.82 Å². The van der Waals surface area contributed by atoms with Crippen molar-refractivity contribution in [3.63, 3.8) is 0 Å². The summed E-state index contributed by atoms with van der Waals surface area (Å²) in [5.41, 5.74) is 0. The standard InChI is InChI=1S/C9H12BrClN4/c10-7-5-13-9(11)15-8(7)14-6-2-1-3-12-4-6/h5-6,12H,1-4H2,(H,13,14,15)/t6-/m0/s1. The molecular formula is C9H12BrClN4. The van der Waals surface area contributed by atoms with E-state index in [1.807, 2.05) is 0 Å². The monoisotopic (exact) mass is 290 g/mol. The van der Waals surface area contributed by atoms with Crippen LogP contribution in [-0.4, -0.2) is 29.1 Å². The summed E-state index contributed by atoms with van der Waals surface area (Å²) in [7, 11) is 0. The molecule has 2 heterocycles. The minimum absolute atomic E-state index is 0.268. The van der Waals surface area contributed by atoms with Gasteiger partial charge in [0.25, 0.3) is 0 Å². The van der Waals surface area contributed by atoms with Gasteiger partial charge in [-0.3, -0.25) is 0 Å². The van der Waals surface area contributed by atoms with Crippen LogP contribution in [0.1, 0.15) is 12.8 Å². The highest BCUT2D eigenvalue weighted by atomic mass is 79.9. The van der Waals surface area contributed by atoms with Gasteiger partial charge >= 0.3 is 0 Å². The van der Waals surface area contributed by atoms with Crippen molar-refractivity contribution in [1.82, 2.24) is 15.3 Å². The Bertz CT molecular complexity index is 341. The Morgan fingerprint density at radius 2 is 2.47 bits per heavy atom. The van der Waals surface area contributed by atoms with Crippen molar-refractivity contribution >= 4 is 33.3 Å². The fourth-order valence-electron chi connectivity index (χ4n) is 1.62. The van der Waals surface area contributed by atoms with E-state index in [1.54, 1.807) is 6.20 Å². The van der Waals surface area contributed by atoms with Gasteiger partial charge in [-0.05, 0) is 46.9 Å². The number of aromatic nitrogens is 2. The summed E-state index contributed by atoms with van der Waals surface area (Å²) < 4.78 is 0.845. The van der Waals surface area contributed by atoms with E-state index in [0.717, 1.165) is 29.8 Å². The number of hydrogen-bond acceptors (Lipinski definition) is 4. The third-order valence-corrected chi connectivity index (χ3v) is 3.11. The summed E-state index contributed by atoms with van der Waals surface area (Å²) in [4.78, 5) is 8.02. The van der Waals surface area contributed by atoms with Crippen molar-refractivity contribution < 1.29 is 0 Å². The van der Waals surface area contributed by atoms with Gasteiger partial charge in [0.1, 0.15) is 5.82 Å². The largest absolute Gasteiger partial charge is 0.365 e. The van der Waals surface area contributed by atoms with Crippen LogP contribution in [0.2, 0.25) is 5.28 Å². The zero-order valence-electron chi connectivity index (χ0n) is 8.13. The maximum atomic E-state index is 5.74. The van der Waals surface area contributed by atoms with Crippen molar-refractivity contribution in [2.24, 2.45) is 0 Å². The van der Waals surface area contributed by atoms with Gasteiger partial charge in [0.15, 0.2) is 0 Å². The van der Waals surface area contributed by atoms with E-state index in [9.17, 15) is 0 Å². The van der Waals surface area contributed by atoms with Gasteiger partial charge in [0.05, 0.1) is 4.47 Å². The molecule has 2 N–H and O–H groups in total. The average Bonchev–Trinajstić information content (AvgIpc) is 2.25. The molecule has 1 fully saturated rings. The first-order chi connectivity index (χ1) is 7.25. The molecule has 1 aliphatic rings. The zero-order valence-corrected chi connectivity index (χ0v) is 10.5. The minimum atomic E-state index is 0.268. The molecule has 0 unspecified atom stereocenters. The Labute approximate surface area is 102 Å². The Hall–Kier alpha value is -0.390. The molecule has 1 aromatic heterocycles. The summed E-state index contributed by atoms with van der Waals surface area (Å²) >= 11 is 9.13. The fraction of sp³-hybridized carbons (Fsp3) is 0.556. The molecule has 0 saturated carbocycles. The highest BCUT2D eigenvalue weighted by Gasteiger charge is 2.14. The van der Waals surface area contributed by atoms with E-state index in [0.29, 0.717) is 6.04 Å². The molecular weight excluding hydrogens is 279 g/mol. The molecule has 4 nitrogen and oxygen atoms in total. The van der Waals surface area contributed by atoms with E-state index < -0.39 is 0 Å². The molecule has 1 saturated heterocycles. The minimum Gasteiger partial charge on any atom is -0.365 e. The van der Waals surface area contributed by atoms with E-state index >= 15 is 0 Å². The SMILES string of the molecule is Clc1ncc(Br)c(N[C@H]2CCCNC2)n1. The van der Waals surface area contributed by atoms with Gasteiger partial charge in [-0.1, -0.05) is 0 Å². The van der Waals surface area contributed by atoms with Crippen molar-refractivity contribution in [2.45, 2.75) is 18.9 Å². The van der Waals surface area contributed by atoms with E-state index in [1.165, 1.54) is 6.42 Å². The van der Waals surface area contributed by atoms with Crippen LogP contribution in [0.15, 0.2) is 10.7 Å². The molecule has 1 atom stereocenters. The Morgan fingerprint density at radius 1 is 1.60 bits per heavy atom. The van der Waals surface area contributed by atoms with Crippen LogP contribution in [0.5, 0.6) is 0 Å². The zero-order chi connectivity index (χ0) is 10.7. The summed E-state index contributed by atoms with van der Waals surface area (Å²) in [5.74, 6) is 0.767. The first kappa shape index (κ1) is 11.1. The quantitative estimate of drug-likeness (QED) is 0.819. The normalized spacial score (nSPS) is 21.3. The first-order valence-corrected chi connectivity index (χ1v) is 6.08. The van der Waals surface area contributed by atoms with Crippen LogP contribution < -0.4 is 10.6 Å². The maximum Gasteiger partial charge on any atom is 0.224 e. The lowest BCUT2D eigenvalue weighted by Gasteiger charge is -2.24. The third-order valence-electron chi connectivity index (χ3n) is 2.35. The number of anilines is 1. The Kier molecular flexibility index (Phi) is 3.77.